The highest BCUT2D eigenvalue weighted by atomic mass is 14.9. The van der Waals surface area contributed by atoms with E-state index in [1.54, 1.807) is 6.33 Å². The maximum Gasteiger partial charge on any atom is 0.115 e. The van der Waals surface area contributed by atoms with E-state index in [2.05, 4.69) is 29.1 Å². The van der Waals surface area contributed by atoms with Gasteiger partial charge >= 0.3 is 0 Å². The molecule has 1 aromatic rings. The Balaban J connectivity index is 2.23. The lowest BCUT2D eigenvalue weighted by Gasteiger charge is -2.43. The van der Waals surface area contributed by atoms with Crippen molar-refractivity contribution in [3.05, 3.63) is 24.3 Å². The molecule has 0 saturated heterocycles. The first-order chi connectivity index (χ1) is 8.15. The molecule has 17 heavy (non-hydrogen) atoms. The van der Waals surface area contributed by atoms with Gasteiger partial charge in [0.15, 0.2) is 0 Å². The number of rotatable bonds is 3. The van der Waals surface area contributed by atoms with Crippen LogP contribution in [0.25, 0.3) is 0 Å². The highest BCUT2D eigenvalue weighted by Gasteiger charge is 2.37. The van der Waals surface area contributed by atoms with Gasteiger partial charge in [0.2, 0.25) is 0 Å². The van der Waals surface area contributed by atoms with Crippen LogP contribution < -0.4 is 5.32 Å². The van der Waals surface area contributed by atoms with Crippen molar-refractivity contribution < 1.29 is 0 Å². The van der Waals surface area contributed by atoms with E-state index in [0.717, 1.165) is 0 Å². The fourth-order valence-electron chi connectivity index (χ4n) is 3.21. The fourth-order valence-corrected chi connectivity index (χ4v) is 3.21. The molecule has 3 nitrogen and oxygen atoms in total. The minimum atomic E-state index is 0.381. The third-order valence-corrected chi connectivity index (χ3v) is 4.24. The van der Waals surface area contributed by atoms with Crippen molar-refractivity contribution in [1.29, 1.82) is 0 Å². The number of hydrogen-bond acceptors (Lipinski definition) is 3. The first kappa shape index (κ1) is 12.5. The average molecular weight is 233 g/mol. The van der Waals surface area contributed by atoms with E-state index in [-0.39, 0.29) is 0 Å². The van der Waals surface area contributed by atoms with Crippen LogP contribution in [0.3, 0.4) is 0 Å². The summed E-state index contributed by atoms with van der Waals surface area (Å²) >= 11 is 0. The van der Waals surface area contributed by atoms with E-state index in [9.17, 15) is 0 Å². The zero-order valence-electron chi connectivity index (χ0n) is 11.1. The van der Waals surface area contributed by atoms with E-state index in [1.165, 1.54) is 31.2 Å². The summed E-state index contributed by atoms with van der Waals surface area (Å²) in [7, 11) is 2.04. The van der Waals surface area contributed by atoms with Gasteiger partial charge in [-0.25, -0.2) is 9.97 Å². The van der Waals surface area contributed by atoms with Gasteiger partial charge in [-0.15, -0.1) is 0 Å². The molecule has 1 aliphatic carbocycles. The summed E-state index contributed by atoms with van der Waals surface area (Å²) in [5.41, 5.74) is 1.62. The SMILES string of the molecule is CNC(c1cncnc1)C1CCCCC1(C)C. The Hall–Kier alpha value is -0.960. The molecular formula is C14H23N3. The number of nitrogens with one attached hydrogen (secondary N) is 1. The van der Waals surface area contributed by atoms with Crippen molar-refractivity contribution in [3.8, 4) is 0 Å². The molecule has 0 aliphatic heterocycles. The van der Waals surface area contributed by atoms with E-state index in [0.29, 0.717) is 17.4 Å². The monoisotopic (exact) mass is 233 g/mol. The van der Waals surface area contributed by atoms with Crippen LogP contribution in [0.5, 0.6) is 0 Å². The Morgan fingerprint density at radius 1 is 1.29 bits per heavy atom. The molecule has 94 valence electrons. The van der Waals surface area contributed by atoms with Crippen LogP contribution in [-0.4, -0.2) is 17.0 Å². The van der Waals surface area contributed by atoms with Crippen molar-refractivity contribution >= 4 is 0 Å². The molecule has 3 heteroatoms. The van der Waals surface area contributed by atoms with E-state index in [4.69, 9.17) is 0 Å². The second-order valence-corrected chi connectivity index (χ2v) is 5.78. The van der Waals surface area contributed by atoms with Gasteiger partial charge in [0.1, 0.15) is 6.33 Å². The van der Waals surface area contributed by atoms with Crippen molar-refractivity contribution in [3.63, 3.8) is 0 Å². The second kappa shape index (κ2) is 5.13. The summed E-state index contributed by atoms with van der Waals surface area (Å²) < 4.78 is 0. The second-order valence-electron chi connectivity index (χ2n) is 5.78. The summed E-state index contributed by atoms with van der Waals surface area (Å²) in [6.07, 6.45) is 10.8. The molecule has 1 saturated carbocycles. The molecule has 0 spiro atoms. The smallest absolute Gasteiger partial charge is 0.115 e. The van der Waals surface area contributed by atoms with Crippen LogP contribution in [0.2, 0.25) is 0 Å². The van der Waals surface area contributed by atoms with Gasteiger partial charge in [0.25, 0.3) is 0 Å². The topological polar surface area (TPSA) is 37.8 Å². The minimum absolute atomic E-state index is 0.381. The maximum absolute atomic E-state index is 4.15. The van der Waals surface area contributed by atoms with Crippen LogP contribution in [-0.2, 0) is 0 Å². The van der Waals surface area contributed by atoms with Crippen molar-refractivity contribution in [2.75, 3.05) is 7.05 Å². The lowest BCUT2D eigenvalue weighted by atomic mass is 9.65. The highest BCUT2D eigenvalue weighted by molar-refractivity contribution is 5.12. The Bertz CT molecular complexity index is 348. The molecule has 0 amide bonds. The number of aromatic nitrogens is 2. The molecule has 0 radical (unpaired) electrons. The predicted octanol–water partition coefficient (Wildman–Crippen LogP) is 2.95. The highest BCUT2D eigenvalue weighted by Crippen LogP contribution is 2.46. The lowest BCUT2D eigenvalue weighted by molar-refractivity contribution is 0.101. The van der Waals surface area contributed by atoms with Gasteiger partial charge < -0.3 is 5.32 Å². The largest absolute Gasteiger partial charge is 0.313 e. The molecule has 2 unspecified atom stereocenters. The number of nitrogens with zero attached hydrogens (tertiary/aromatic N) is 2. The third-order valence-electron chi connectivity index (χ3n) is 4.24. The molecule has 0 bridgehead atoms. The van der Waals surface area contributed by atoms with E-state index >= 15 is 0 Å². The zero-order valence-corrected chi connectivity index (χ0v) is 11.1. The van der Waals surface area contributed by atoms with Crippen LogP contribution >= 0.6 is 0 Å². The summed E-state index contributed by atoms with van der Waals surface area (Å²) in [5.74, 6) is 0.673. The van der Waals surface area contributed by atoms with E-state index in [1.807, 2.05) is 19.4 Å². The van der Waals surface area contributed by atoms with Crippen LogP contribution in [0.4, 0.5) is 0 Å². The fraction of sp³-hybridized carbons (Fsp3) is 0.714. The minimum Gasteiger partial charge on any atom is -0.313 e. The molecule has 0 aromatic carbocycles. The molecule has 2 atom stereocenters. The molecule has 1 heterocycles. The van der Waals surface area contributed by atoms with Gasteiger partial charge in [-0.05, 0) is 31.2 Å². The van der Waals surface area contributed by atoms with Gasteiger partial charge in [-0.3, -0.25) is 0 Å². The van der Waals surface area contributed by atoms with Gasteiger partial charge in [-0.2, -0.15) is 0 Å². The summed E-state index contributed by atoms with van der Waals surface area (Å²) in [6.45, 7) is 4.79. The Morgan fingerprint density at radius 3 is 2.59 bits per heavy atom. The van der Waals surface area contributed by atoms with Crippen LogP contribution in [0.15, 0.2) is 18.7 Å². The standard InChI is InChI=1S/C14H23N3/c1-14(2)7-5-4-6-12(14)13(15-3)11-8-16-10-17-9-11/h8-10,12-13,15H,4-7H2,1-3H3. The van der Waals surface area contributed by atoms with Crippen molar-refractivity contribution in [2.24, 2.45) is 11.3 Å². The van der Waals surface area contributed by atoms with Gasteiger partial charge in [0, 0.05) is 24.0 Å². The average Bonchev–Trinajstić information content (AvgIpc) is 2.33. The summed E-state index contributed by atoms with van der Waals surface area (Å²) in [6, 6.07) is 0.381. The Kier molecular flexibility index (Phi) is 3.77. The normalized spacial score (nSPS) is 25.5. The Morgan fingerprint density at radius 2 is 2.00 bits per heavy atom. The molecule has 1 aromatic heterocycles. The third kappa shape index (κ3) is 2.65. The van der Waals surface area contributed by atoms with Crippen molar-refractivity contribution in [2.45, 2.75) is 45.6 Å². The predicted molar refractivity (Wildman–Crippen MR) is 69.6 cm³/mol. The van der Waals surface area contributed by atoms with Gasteiger partial charge in [-0.1, -0.05) is 26.7 Å². The molecule has 1 fully saturated rings. The summed E-state index contributed by atoms with van der Waals surface area (Å²) in [5, 5.41) is 3.46. The summed E-state index contributed by atoms with van der Waals surface area (Å²) in [4.78, 5) is 8.29. The zero-order chi connectivity index (χ0) is 12.3. The Labute approximate surface area is 104 Å². The molecular weight excluding hydrogens is 210 g/mol. The van der Waals surface area contributed by atoms with Crippen LogP contribution in [0, 0.1) is 11.3 Å². The molecule has 1 aliphatic rings. The van der Waals surface area contributed by atoms with Crippen molar-refractivity contribution in [1.82, 2.24) is 15.3 Å². The number of hydrogen-bond donors (Lipinski definition) is 1. The van der Waals surface area contributed by atoms with E-state index < -0.39 is 0 Å². The van der Waals surface area contributed by atoms with Crippen LogP contribution in [0.1, 0.15) is 51.1 Å². The van der Waals surface area contributed by atoms with Gasteiger partial charge in [0.05, 0.1) is 0 Å². The lowest BCUT2D eigenvalue weighted by Crippen LogP contribution is -2.37. The quantitative estimate of drug-likeness (QED) is 0.872. The molecule has 2 rings (SSSR count). The first-order valence-electron chi connectivity index (χ1n) is 6.57. The maximum atomic E-state index is 4.15. The first-order valence-corrected chi connectivity index (χ1v) is 6.57. The molecule has 1 N–H and O–H groups in total.